The number of piperazine rings is 1. The summed E-state index contributed by atoms with van der Waals surface area (Å²) in [6, 6.07) is -0.281. The number of carbonyl (C=O) groups excluding carboxylic acids is 2. The first-order valence-electron chi connectivity index (χ1n) is 6.92. The van der Waals surface area contributed by atoms with Gasteiger partial charge in [-0.2, -0.15) is 0 Å². The molecule has 0 saturated carbocycles. The molecule has 9 heteroatoms. The Labute approximate surface area is 122 Å². The van der Waals surface area contributed by atoms with E-state index in [1.54, 1.807) is 6.92 Å². The van der Waals surface area contributed by atoms with Crippen LogP contribution >= 0.6 is 0 Å². The molecule has 9 nitrogen and oxygen atoms in total. The normalized spacial score (nSPS) is 19.2. The molecule has 1 unspecified atom stereocenters. The monoisotopic (exact) mass is 296 g/mol. The highest BCUT2D eigenvalue weighted by Crippen LogP contribution is 2.06. The Kier molecular flexibility index (Phi) is 5.23. The molecular formula is C12H20N6O3. The highest BCUT2D eigenvalue weighted by Gasteiger charge is 2.29. The van der Waals surface area contributed by atoms with Crippen molar-refractivity contribution in [2.75, 3.05) is 38.0 Å². The van der Waals surface area contributed by atoms with Gasteiger partial charge in [0, 0.05) is 33.1 Å². The molecule has 1 atom stereocenters. The minimum absolute atomic E-state index is 0.0715. The quantitative estimate of drug-likeness (QED) is 0.621. The van der Waals surface area contributed by atoms with Crippen molar-refractivity contribution in [1.82, 2.24) is 25.7 Å². The second-order valence-electron chi connectivity index (χ2n) is 4.76. The molecule has 0 spiro atoms. The van der Waals surface area contributed by atoms with E-state index in [9.17, 15) is 9.59 Å². The first-order valence-corrected chi connectivity index (χ1v) is 6.92. The number of likely N-dealkylation sites (N-methyl/N-ethyl adjacent to an activating group) is 1. The fraction of sp³-hybridized carbons (Fsp3) is 0.667. The highest BCUT2D eigenvalue weighted by atomic mass is 16.4. The number of hydrogen-bond acceptors (Lipinski definition) is 7. The predicted octanol–water partition coefficient (Wildman–Crippen LogP) is -1.27. The van der Waals surface area contributed by atoms with E-state index in [0.29, 0.717) is 25.5 Å². The van der Waals surface area contributed by atoms with Crippen LogP contribution in [0.1, 0.15) is 12.8 Å². The lowest BCUT2D eigenvalue weighted by Crippen LogP contribution is -2.59. The molecule has 3 N–H and O–H groups in total. The maximum Gasteiger partial charge on any atom is 0.322 e. The summed E-state index contributed by atoms with van der Waals surface area (Å²) in [5.41, 5.74) is 0. The van der Waals surface area contributed by atoms with Crippen molar-refractivity contribution >= 4 is 17.8 Å². The van der Waals surface area contributed by atoms with Crippen molar-refractivity contribution in [3.63, 3.8) is 0 Å². The van der Waals surface area contributed by atoms with Gasteiger partial charge in [-0.3, -0.25) is 19.8 Å². The van der Waals surface area contributed by atoms with Crippen molar-refractivity contribution in [3.05, 3.63) is 5.89 Å². The molecule has 116 valence electrons. The average Bonchev–Trinajstić information content (AvgIpc) is 2.84. The zero-order valence-corrected chi connectivity index (χ0v) is 12.2. The van der Waals surface area contributed by atoms with Crippen molar-refractivity contribution in [3.8, 4) is 0 Å². The third-order valence-corrected chi connectivity index (χ3v) is 3.13. The van der Waals surface area contributed by atoms with Crippen LogP contribution in [0.5, 0.6) is 0 Å². The molecule has 1 aliphatic heterocycles. The summed E-state index contributed by atoms with van der Waals surface area (Å²) in [5.74, 6) is 0.0219. The molecule has 21 heavy (non-hydrogen) atoms. The lowest BCUT2D eigenvalue weighted by atomic mass is 10.1. The SMILES string of the molecule is CCNC(=O)C1CNCCN1CC(=O)Nc1nnc(C)o1. The maximum absolute atomic E-state index is 12.0. The van der Waals surface area contributed by atoms with Crippen LogP contribution in [0.4, 0.5) is 6.01 Å². The number of aromatic nitrogens is 2. The van der Waals surface area contributed by atoms with Crippen LogP contribution in [-0.4, -0.2) is 65.7 Å². The maximum atomic E-state index is 12.0. The van der Waals surface area contributed by atoms with Crippen LogP contribution in [0.3, 0.4) is 0 Å². The summed E-state index contributed by atoms with van der Waals surface area (Å²) in [5, 5.41) is 15.8. The fourth-order valence-corrected chi connectivity index (χ4v) is 2.18. The Morgan fingerprint density at radius 3 is 2.95 bits per heavy atom. The molecule has 2 rings (SSSR count). The Balaban J connectivity index is 1.92. The van der Waals surface area contributed by atoms with Crippen molar-refractivity contribution in [2.45, 2.75) is 19.9 Å². The Bertz CT molecular complexity index is 503. The van der Waals surface area contributed by atoms with Gasteiger partial charge < -0.3 is 15.1 Å². The van der Waals surface area contributed by atoms with E-state index in [0.717, 1.165) is 6.54 Å². The van der Waals surface area contributed by atoms with Crippen LogP contribution in [0, 0.1) is 6.92 Å². The van der Waals surface area contributed by atoms with E-state index >= 15 is 0 Å². The van der Waals surface area contributed by atoms with Gasteiger partial charge in [-0.1, -0.05) is 5.10 Å². The summed E-state index contributed by atoms with van der Waals surface area (Å²) in [6.45, 7) is 6.06. The van der Waals surface area contributed by atoms with E-state index in [4.69, 9.17) is 4.42 Å². The molecule has 1 aliphatic rings. The smallest absolute Gasteiger partial charge is 0.322 e. The van der Waals surface area contributed by atoms with Crippen molar-refractivity contribution in [2.24, 2.45) is 0 Å². The predicted molar refractivity (Wildman–Crippen MR) is 74.6 cm³/mol. The molecule has 1 saturated heterocycles. The van der Waals surface area contributed by atoms with E-state index in [2.05, 4.69) is 26.1 Å². The van der Waals surface area contributed by atoms with Crippen LogP contribution in [0.2, 0.25) is 0 Å². The Hall–Kier alpha value is -2.00. The number of nitrogens with zero attached hydrogens (tertiary/aromatic N) is 3. The number of amides is 2. The second-order valence-corrected chi connectivity index (χ2v) is 4.76. The third-order valence-electron chi connectivity index (χ3n) is 3.13. The Morgan fingerprint density at radius 2 is 2.29 bits per heavy atom. The highest BCUT2D eigenvalue weighted by molar-refractivity contribution is 5.91. The van der Waals surface area contributed by atoms with Gasteiger partial charge >= 0.3 is 6.01 Å². The largest absolute Gasteiger partial charge is 0.408 e. The number of aryl methyl sites for hydroxylation is 1. The molecule has 0 aliphatic carbocycles. The summed E-state index contributed by atoms with van der Waals surface area (Å²) in [4.78, 5) is 25.8. The van der Waals surface area contributed by atoms with Gasteiger partial charge in [-0.25, -0.2) is 0 Å². The summed E-state index contributed by atoms with van der Waals surface area (Å²) in [7, 11) is 0. The van der Waals surface area contributed by atoms with Crippen molar-refractivity contribution in [1.29, 1.82) is 0 Å². The Morgan fingerprint density at radius 1 is 1.48 bits per heavy atom. The summed E-state index contributed by atoms with van der Waals surface area (Å²) >= 11 is 0. The first-order chi connectivity index (χ1) is 10.1. The number of rotatable bonds is 5. The van der Waals surface area contributed by atoms with Crippen LogP contribution < -0.4 is 16.0 Å². The van der Waals surface area contributed by atoms with Gasteiger partial charge in [0.2, 0.25) is 17.7 Å². The lowest BCUT2D eigenvalue weighted by Gasteiger charge is -2.34. The van der Waals surface area contributed by atoms with E-state index in [1.807, 2.05) is 11.8 Å². The average molecular weight is 296 g/mol. The molecule has 0 bridgehead atoms. The molecule has 0 aromatic carbocycles. The van der Waals surface area contributed by atoms with Crippen LogP contribution in [0.25, 0.3) is 0 Å². The van der Waals surface area contributed by atoms with E-state index in [1.165, 1.54) is 0 Å². The number of hydrogen-bond donors (Lipinski definition) is 3. The fourth-order valence-electron chi connectivity index (χ4n) is 2.18. The van der Waals surface area contributed by atoms with Gasteiger partial charge in [0.25, 0.3) is 0 Å². The van der Waals surface area contributed by atoms with Gasteiger partial charge in [0.1, 0.15) is 6.04 Å². The van der Waals surface area contributed by atoms with Gasteiger partial charge in [0.15, 0.2) is 0 Å². The molecule has 2 heterocycles. The molecule has 1 aromatic heterocycles. The third kappa shape index (κ3) is 4.23. The van der Waals surface area contributed by atoms with E-state index in [-0.39, 0.29) is 30.4 Å². The topological polar surface area (TPSA) is 112 Å². The lowest BCUT2D eigenvalue weighted by molar-refractivity contribution is -0.128. The summed E-state index contributed by atoms with van der Waals surface area (Å²) < 4.78 is 5.09. The first kappa shape index (κ1) is 15.4. The standard InChI is InChI=1S/C12H20N6O3/c1-3-14-11(20)9-6-13-4-5-18(9)7-10(19)15-12-17-16-8(2)21-12/h9,13H,3-7H2,1-2H3,(H,14,20)(H,15,17,19). The number of anilines is 1. The molecule has 2 amide bonds. The van der Waals surface area contributed by atoms with Crippen LogP contribution in [0.15, 0.2) is 4.42 Å². The zero-order valence-electron chi connectivity index (χ0n) is 12.2. The minimum atomic E-state index is -0.353. The number of carbonyl (C=O) groups is 2. The summed E-state index contributed by atoms with van der Waals surface area (Å²) in [6.07, 6.45) is 0. The van der Waals surface area contributed by atoms with Gasteiger partial charge in [-0.15, -0.1) is 5.10 Å². The number of nitrogens with one attached hydrogen (secondary N) is 3. The second kappa shape index (κ2) is 7.14. The molecule has 1 aromatic rings. The minimum Gasteiger partial charge on any atom is -0.408 e. The zero-order chi connectivity index (χ0) is 15.2. The molecule has 0 radical (unpaired) electrons. The van der Waals surface area contributed by atoms with Gasteiger partial charge in [-0.05, 0) is 6.92 Å². The van der Waals surface area contributed by atoms with E-state index < -0.39 is 0 Å². The molecular weight excluding hydrogens is 276 g/mol. The van der Waals surface area contributed by atoms with Crippen LogP contribution in [-0.2, 0) is 9.59 Å². The van der Waals surface area contributed by atoms with Crippen molar-refractivity contribution < 1.29 is 14.0 Å². The molecule has 1 fully saturated rings. The van der Waals surface area contributed by atoms with Gasteiger partial charge in [0.05, 0.1) is 6.54 Å².